The fourth-order valence-electron chi connectivity index (χ4n) is 2.87. The van der Waals surface area contributed by atoms with E-state index in [4.69, 9.17) is 4.74 Å². The molecule has 0 aromatic heterocycles. The van der Waals surface area contributed by atoms with Gasteiger partial charge in [-0.2, -0.15) is 0 Å². The first-order chi connectivity index (χ1) is 11.7. The van der Waals surface area contributed by atoms with Gasteiger partial charge in [-0.1, -0.05) is 60.7 Å². The number of nitrogens with one attached hydrogen (secondary N) is 1. The van der Waals surface area contributed by atoms with Crippen LogP contribution in [-0.4, -0.2) is 23.5 Å². The van der Waals surface area contributed by atoms with E-state index in [1.54, 1.807) is 27.7 Å². The van der Waals surface area contributed by atoms with E-state index in [0.29, 0.717) is 0 Å². The quantitative estimate of drug-likeness (QED) is 0.826. The van der Waals surface area contributed by atoms with E-state index in [2.05, 4.69) is 5.32 Å². The van der Waals surface area contributed by atoms with Crippen LogP contribution in [0.25, 0.3) is 0 Å². The third-order valence-electron chi connectivity index (χ3n) is 3.88. The Morgan fingerprint density at radius 3 is 1.72 bits per heavy atom. The second-order valence-corrected chi connectivity index (χ2v) is 7.28. The first-order valence-corrected chi connectivity index (χ1v) is 8.32. The molecule has 132 valence electrons. The second-order valence-electron chi connectivity index (χ2n) is 7.28. The minimum atomic E-state index is -1.15. The summed E-state index contributed by atoms with van der Waals surface area (Å²) >= 11 is 0. The summed E-state index contributed by atoms with van der Waals surface area (Å²) in [6, 6.07) is 19.3. The molecule has 4 nitrogen and oxygen atoms in total. The van der Waals surface area contributed by atoms with Gasteiger partial charge in [-0.05, 0) is 38.8 Å². The lowest BCUT2D eigenvalue weighted by atomic mass is 9.77. The van der Waals surface area contributed by atoms with E-state index >= 15 is 0 Å². The van der Waals surface area contributed by atoms with E-state index in [1.165, 1.54) is 0 Å². The molecule has 0 aliphatic heterocycles. The van der Waals surface area contributed by atoms with Crippen LogP contribution < -0.4 is 5.32 Å². The van der Waals surface area contributed by atoms with Gasteiger partial charge >= 0.3 is 6.09 Å². The highest BCUT2D eigenvalue weighted by Crippen LogP contribution is 2.34. The SMILES string of the molecule is CC(C)(C)OC(=O)NC(C)(C=O)C(c1ccccc1)c1ccccc1. The summed E-state index contributed by atoms with van der Waals surface area (Å²) < 4.78 is 5.35. The molecule has 0 spiro atoms. The Morgan fingerprint density at radius 2 is 1.36 bits per heavy atom. The lowest BCUT2D eigenvalue weighted by Crippen LogP contribution is -2.53. The van der Waals surface area contributed by atoms with E-state index in [1.807, 2.05) is 60.7 Å². The fraction of sp³-hybridized carbons (Fsp3) is 0.333. The lowest BCUT2D eigenvalue weighted by molar-refractivity contribution is -0.113. The minimum Gasteiger partial charge on any atom is -0.444 e. The van der Waals surface area contributed by atoms with E-state index in [9.17, 15) is 9.59 Å². The molecule has 0 fully saturated rings. The topological polar surface area (TPSA) is 55.4 Å². The zero-order chi connectivity index (χ0) is 18.5. The minimum absolute atomic E-state index is 0.333. The van der Waals surface area contributed by atoms with E-state index in [-0.39, 0.29) is 5.92 Å². The fourth-order valence-corrected chi connectivity index (χ4v) is 2.87. The monoisotopic (exact) mass is 339 g/mol. The highest BCUT2D eigenvalue weighted by molar-refractivity contribution is 5.78. The molecule has 0 radical (unpaired) electrons. The summed E-state index contributed by atoms with van der Waals surface area (Å²) in [5, 5.41) is 2.77. The van der Waals surface area contributed by atoms with Crippen LogP contribution >= 0.6 is 0 Å². The van der Waals surface area contributed by atoms with Crippen molar-refractivity contribution in [3.63, 3.8) is 0 Å². The molecule has 1 amide bonds. The molecule has 0 bridgehead atoms. The van der Waals surface area contributed by atoms with Gasteiger partial charge in [0, 0.05) is 5.92 Å². The number of benzene rings is 2. The molecular formula is C21H25NO3. The molecule has 1 atom stereocenters. The summed E-state index contributed by atoms with van der Waals surface area (Å²) in [6.45, 7) is 7.08. The van der Waals surface area contributed by atoms with Gasteiger partial charge in [0.1, 0.15) is 17.4 Å². The van der Waals surface area contributed by atoms with E-state index in [0.717, 1.165) is 17.4 Å². The van der Waals surface area contributed by atoms with Crippen LogP contribution in [0.2, 0.25) is 0 Å². The molecule has 2 aromatic rings. The third kappa shape index (κ3) is 4.92. The third-order valence-corrected chi connectivity index (χ3v) is 3.88. The molecule has 2 rings (SSSR count). The van der Waals surface area contributed by atoms with Crippen LogP contribution in [0.4, 0.5) is 4.79 Å². The van der Waals surface area contributed by atoms with Crippen LogP contribution in [0, 0.1) is 0 Å². The molecule has 2 aromatic carbocycles. The average Bonchev–Trinajstić information content (AvgIpc) is 2.55. The van der Waals surface area contributed by atoms with Crippen molar-refractivity contribution in [3.8, 4) is 0 Å². The molecule has 0 aliphatic carbocycles. The number of carbonyl (C=O) groups is 2. The molecule has 25 heavy (non-hydrogen) atoms. The van der Waals surface area contributed by atoms with Gasteiger partial charge in [-0.15, -0.1) is 0 Å². The summed E-state index contributed by atoms with van der Waals surface area (Å²) in [5.41, 5.74) is 0.104. The lowest BCUT2D eigenvalue weighted by Gasteiger charge is -2.35. The summed E-state index contributed by atoms with van der Waals surface area (Å²) in [6.07, 6.45) is 0.167. The van der Waals surface area contributed by atoms with Crippen LogP contribution in [-0.2, 0) is 9.53 Å². The van der Waals surface area contributed by atoms with E-state index < -0.39 is 17.2 Å². The Bertz CT molecular complexity index is 667. The molecule has 1 unspecified atom stereocenters. The van der Waals surface area contributed by atoms with Crippen molar-refractivity contribution in [1.82, 2.24) is 5.32 Å². The molecule has 0 heterocycles. The zero-order valence-electron chi connectivity index (χ0n) is 15.2. The average molecular weight is 339 g/mol. The number of alkyl carbamates (subject to hydrolysis) is 1. The van der Waals surface area contributed by atoms with Gasteiger partial charge < -0.3 is 14.8 Å². The van der Waals surface area contributed by atoms with Crippen LogP contribution in [0.3, 0.4) is 0 Å². The second kappa shape index (κ2) is 7.51. The van der Waals surface area contributed by atoms with Crippen LogP contribution in [0.15, 0.2) is 60.7 Å². The number of aldehydes is 1. The van der Waals surface area contributed by atoms with Gasteiger partial charge in [0.15, 0.2) is 0 Å². The van der Waals surface area contributed by atoms with Gasteiger partial charge in [-0.25, -0.2) is 4.79 Å². The largest absolute Gasteiger partial charge is 0.444 e. The first kappa shape index (κ1) is 18.7. The van der Waals surface area contributed by atoms with Crippen LogP contribution in [0.1, 0.15) is 44.7 Å². The van der Waals surface area contributed by atoms with Gasteiger partial charge in [0.2, 0.25) is 0 Å². The van der Waals surface area contributed by atoms with Gasteiger partial charge in [0.05, 0.1) is 0 Å². The Balaban J connectivity index is 2.43. The maximum Gasteiger partial charge on any atom is 0.408 e. The standard InChI is InChI=1S/C21H25NO3/c1-20(2,3)25-19(24)22-21(4,15-23)18(16-11-7-5-8-12-16)17-13-9-6-10-14-17/h5-15,18H,1-4H3,(H,22,24). The van der Waals surface area contributed by atoms with Crippen molar-refractivity contribution in [2.45, 2.75) is 44.8 Å². The van der Waals surface area contributed by atoms with Crippen molar-refractivity contribution in [2.24, 2.45) is 0 Å². The van der Waals surface area contributed by atoms with Crippen molar-refractivity contribution < 1.29 is 14.3 Å². The maximum absolute atomic E-state index is 12.3. The Kier molecular flexibility index (Phi) is 5.62. The number of carbonyl (C=O) groups excluding carboxylic acids is 2. The molecule has 0 saturated heterocycles. The van der Waals surface area contributed by atoms with Gasteiger partial charge in [0.25, 0.3) is 0 Å². The highest BCUT2D eigenvalue weighted by atomic mass is 16.6. The predicted molar refractivity (Wildman–Crippen MR) is 98.6 cm³/mol. The zero-order valence-corrected chi connectivity index (χ0v) is 15.2. The summed E-state index contributed by atoms with van der Waals surface area (Å²) in [5.74, 6) is -0.333. The number of hydrogen-bond acceptors (Lipinski definition) is 3. The van der Waals surface area contributed by atoms with Crippen molar-refractivity contribution in [2.75, 3.05) is 0 Å². The van der Waals surface area contributed by atoms with Crippen molar-refractivity contribution >= 4 is 12.4 Å². The first-order valence-electron chi connectivity index (χ1n) is 8.32. The Hall–Kier alpha value is -2.62. The predicted octanol–water partition coefficient (Wildman–Crippen LogP) is 4.30. The van der Waals surface area contributed by atoms with Crippen molar-refractivity contribution in [1.29, 1.82) is 0 Å². The number of amides is 1. The molecule has 0 aliphatic rings. The highest BCUT2D eigenvalue weighted by Gasteiger charge is 2.39. The normalized spacial score (nSPS) is 13.8. The molecule has 1 N–H and O–H groups in total. The number of rotatable bonds is 5. The summed E-state index contributed by atoms with van der Waals surface area (Å²) in [4.78, 5) is 24.4. The Morgan fingerprint density at radius 1 is 0.920 bits per heavy atom. The van der Waals surface area contributed by atoms with Crippen LogP contribution in [0.5, 0.6) is 0 Å². The molecular weight excluding hydrogens is 314 g/mol. The number of ether oxygens (including phenoxy) is 1. The summed E-state index contributed by atoms with van der Waals surface area (Å²) in [7, 11) is 0. The maximum atomic E-state index is 12.3. The Labute approximate surface area is 149 Å². The molecule has 4 heteroatoms. The molecule has 0 saturated carbocycles. The van der Waals surface area contributed by atoms with Gasteiger partial charge in [-0.3, -0.25) is 0 Å². The smallest absolute Gasteiger partial charge is 0.408 e. The van der Waals surface area contributed by atoms with Crippen molar-refractivity contribution in [3.05, 3.63) is 71.8 Å². The number of hydrogen-bond donors (Lipinski definition) is 1.